The van der Waals surface area contributed by atoms with Gasteiger partial charge in [0.05, 0.1) is 15.6 Å². The number of carbonyl (C=O) groups is 2. The topological polar surface area (TPSA) is 86.8 Å². The van der Waals surface area contributed by atoms with Crippen LogP contribution in [0.15, 0.2) is 83.8 Å². The summed E-state index contributed by atoms with van der Waals surface area (Å²) in [6.45, 7) is 6.02. The lowest BCUT2D eigenvalue weighted by Crippen LogP contribution is -2.53. The molecule has 0 aromatic heterocycles. The number of halogens is 1. The molecule has 7 nitrogen and oxygen atoms in total. The zero-order chi connectivity index (χ0) is 29.1. The standard InChI is InChI=1S/C31H38ClN3O4S/c1-4-6-21-33-31(37)28(5-2)34(22-20-25-12-8-7-9-13-25)30(36)23-35(29-15-11-10-14-27(29)32)40(38,39)26-18-16-24(3)17-19-26/h7-19,28H,4-6,20-23H2,1-3H3,(H,33,37)/t28-/m1/s1. The summed E-state index contributed by atoms with van der Waals surface area (Å²) < 4.78 is 28.8. The second-order valence-corrected chi connectivity index (χ2v) is 11.9. The summed E-state index contributed by atoms with van der Waals surface area (Å²) in [6.07, 6.45) is 2.66. The van der Waals surface area contributed by atoms with E-state index in [9.17, 15) is 18.0 Å². The predicted molar refractivity (Wildman–Crippen MR) is 161 cm³/mol. The van der Waals surface area contributed by atoms with Gasteiger partial charge in [-0.15, -0.1) is 0 Å². The molecule has 0 fully saturated rings. The monoisotopic (exact) mass is 583 g/mol. The van der Waals surface area contributed by atoms with E-state index < -0.39 is 28.5 Å². The third kappa shape index (κ3) is 8.08. The average molecular weight is 584 g/mol. The Balaban J connectivity index is 1.99. The third-order valence-corrected chi connectivity index (χ3v) is 8.80. The van der Waals surface area contributed by atoms with E-state index in [1.165, 1.54) is 17.0 Å². The zero-order valence-corrected chi connectivity index (χ0v) is 24.9. The molecule has 0 aliphatic rings. The predicted octanol–water partition coefficient (Wildman–Crippen LogP) is 5.61. The van der Waals surface area contributed by atoms with Gasteiger partial charge in [-0.3, -0.25) is 13.9 Å². The van der Waals surface area contributed by atoms with Crippen LogP contribution in [-0.4, -0.2) is 50.8 Å². The lowest BCUT2D eigenvalue weighted by Gasteiger charge is -2.33. The van der Waals surface area contributed by atoms with Crippen LogP contribution < -0.4 is 9.62 Å². The van der Waals surface area contributed by atoms with Crippen molar-refractivity contribution in [2.24, 2.45) is 0 Å². The Hall–Kier alpha value is -3.36. The van der Waals surface area contributed by atoms with E-state index >= 15 is 0 Å². The van der Waals surface area contributed by atoms with E-state index in [-0.39, 0.29) is 28.1 Å². The molecule has 9 heteroatoms. The summed E-state index contributed by atoms with van der Waals surface area (Å²) in [6, 6.07) is 21.9. The molecule has 0 heterocycles. The smallest absolute Gasteiger partial charge is 0.264 e. The van der Waals surface area contributed by atoms with Crippen LogP contribution in [0.25, 0.3) is 0 Å². The number of nitrogens with zero attached hydrogens (tertiary/aromatic N) is 2. The average Bonchev–Trinajstić information content (AvgIpc) is 2.95. The third-order valence-electron chi connectivity index (χ3n) is 6.71. The first-order chi connectivity index (χ1) is 19.2. The molecule has 0 radical (unpaired) electrons. The number of amides is 2. The highest BCUT2D eigenvalue weighted by Gasteiger charge is 2.34. The lowest BCUT2D eigenvalue weighted by atomic mass is 10.1. The quantitative estimate of drug-likeness (QED) is 0.250. The molecule has 0 aliphatic heterocycles. The molecule has 1 atom stereocenters. The molecule has 0 spiro atoms. The lowest BCUT2D eigenvalue weighted by molar-refractivity contribution is -0.139. The molecule has 0 saturated carbocycles. The fourth-order valence-corrected chi connectivity index (χ4v) is 6.13. The molecule has 0 saturated heterocycles. The molecule has 40 heavy (non-hydrogen) atoms. The van der Waals surface area contributed by atoms with Crippen LogP contribution in [0.1, 0.15) is 44.2 Å². The number of hydrogen-bond acceptors (Lipinski definition) is 4. The van der Waals surface area contributed by atoms with Crippen LogP contribution in [-0.2, 0) is 26.0 Å². The van der Waals surface area contributed by atoms with Crippen LogP contribution in [0.3, 0.4) is 0 Å². The Kier molecular flexibility index (Phi) is 11.6. The molecule has 0 bridgehead atoms. The Morgan fingerprint density at radius 3 is 2.20 bits per heavy atom. The number of aryl methyl sites for hydroxylation is 1. The normalized spacial score (nSPS) is 12.0. The highest BCUT2D eigenvalue weighted by Crippen LogP contribution is 2.30. The van der Waals surface area contributed by atoms with Crippen molar-refractivity contribution < 1.29 is 18.0 Å². The molecular weight excluding hydrogens is 546 g/mol. The van der Waals surface area contributed by atoms with Gasteiger partial charge in [0.15, 0.2) is 0 Å². The molecule has 1 N–H and O–H groups in total. The number of anilines is 1. The van der Waals surface area contributed by atoms with E-state index in [0.29, 0.717) is 19.4 Å². The first kappa shape index (κ1) is 31.2. The summed E-state index contributed by atoms with van der Waals surface area (Å²) in [4.78, 5) is 28.8. The van der Waals surface area contributed by atoms with Gasteiger partial charge in [0.2, 0.25) is 11.8 Å². The van der Waals surface area contributed by atoms with Gasteiger partial charge in [-0.2, -0.15) is 0 Å². The van der Waals surface area contributed by atoms with E-state index in [1.807, 2.05) is 51.1 Å². The number of carbonyl (C=O) groups excluding carboxylic acids is 2. The minimum absolute atomic E-state index is 0.0472. The fourth-order valence-electron chi connectivity index (χ4n) is 4.41. The van der Waals surface area contributed by atoms with Crippen molar-refractivity contribution in [1.82, 2.24) is 10.2 Å². The number of nitrogens with one attached hydrogen (secondary N) is 1. The first-order valence-electron chi connectivity index (χ1n) is 13.6. The maximum Gasteiger partial charge on any atom is 0.264 e. The molecule has 0 aliphatic carbocycles. The van der Waals surface area contributed by atoms with Crippen LogP contribution in [0, 0.1) is 6.92 Å². The van der Waals surface area contributed by atoms with E-state index in [2.05, 4.69) is 5.32 Å². The van der Waals surface area contributed by atoms with Crippen molar-refractivity contribution in [1.29, 1.82) is 0 Å². The highest BCUT2D eigenvalue weighted by atomic mass is 35.5. The first-order valence-corrected chi connectivity index (χ1v) is 15.5. The van der Waals surface area contributed by atoms with Crippen molar-refractivity contribution >= 4 is 39.1 Å². The maximum absolute atomic E-state index is 14.0. The Labute approximate surface area is 243 Å². The molecule has 3 rings (SSSR count). The van der Waals surface area contributed by atoms with Gasteiger partial charge in [-0.1, -0.05) is 92.0 Å². The van der Waals surface area contributed by atoms with Gasteiger partial charge < -0.3 is 10.2 Å². The highest BCUT2D eigenvalue weighted by molar-refractivity contribution is 7.92. The van der Waals surface area contributed by atoms with Gasteiger partial charge in [0, 0.05) is 13.1 Å². The number of hydrogen-bond donors (Lipinski definition) is 1. The zero-order valence-electron chi connectivity index (χ0n) is 23.3. The molecule has 214 valence electrons. The summed E-state index contributed by atoms with van der Waals surface area (Å²) >= 11 is 6.46. The summed E-state index contributed by atoms with van der Waals surface area (Å²) in [5.41, 5.74) is 2.12. The van der Waals surface area contributed by atoms with Crippen LogP contribution in [0.4, 0.5) is 5.69 Å². The van der Waals surface area contributed by atoms with E-state index in [4.69, 9.17) is 11.6 Å². The molecule has 2 amide bonds. The molecule has 0 unspecified atom stereocenters. The van der Waals surface area contributed by atoms with Crippen LogP contribution >= 0.6 is 11.6 Å². The second kappa shape index (κ2) is 14.9. The molecule has 3 aromatic carbocycles. The number of benzene rings is 3. The minimum Gasteiger partial charge on any atom is -0.354 e. The summed E-state index contributed by atoms with van der Waals surface area (Å²) in [5.74, 6) is -0.730. The van der Waals surface area contributed by atoms with Gasteiger partial charge in [-0.25, -0.2) is 8.42 Å². The summed E-state index contributed by atoms with van der Waals surface area (Å²) in [7, 11) is -4.16. The van der Waals surface area contributed by atoms with Crippen molar-refractivity contribution in [2.75, 3.05) is 23.9 Å². The maximum atomic E-state index is 14.0. The van der Waals surface area contributed by atoms with E-state index in [1.54, 1.807) is 36.4 Å². The van der Waals surface area contributed by atoms with Gasteiger partial charge in [-0.05, 0) is 56.0 Å². The molecule has 3 aromatic rings. The van der Waals surface area contributed by atoms with Crippen molar-refractivity contribution in [3.63, 3.8) is 0 Å². The van der Waals surface area contributed by atoms with Gasteiger partial charge in [0.25, 0.3) is 10.0 Å². The van der Waals surface area contributed by atoms with Gasteiger partial charge >= 0.3 is 0 Å². The van der Waals surface area contributed by atoms with Crippen LogP contribution in [0.2, 0.25) is 5.02 Å². The van der Waals surface area contributed by atoms with Gasteiger partial charge in [0.1, 0.15) is 12.6 Å². The second-order valence-electron chi connectivity index (χ2n) is 9.67. The fraction of sp³-hybridized carbons (Fsp3) is 0.355. The number of sulfonamides is 1. The minimum atomic E-state index is -4.16. The molecular formula is C31H38ClN3O4S. The number of rotatable bonds is 14. The number of para-hydroxylation sites is 1. The largest absolute Gasteiger partial charge is 0.354 e. The Bertz CT molecular complexity index is 1360. The van der Waals surface area contributed by atoms with Crippen molar-refractivity contribution in [2.45, 2.75) is 57.4 Å². The number of unbranched alkanes of at least 4 members (excludes halogenated alkanes) is 1. The summed E-state index contributed by atoms with van der Waals surface area (Å²) in [5, 5.41) is 3.14. The Morgan fingerprint density at radius 1 is 0.925 bits per heavy atom. The van der Waals surface area contributed by atoms with Crippen LogP contribution in [0.5, 0.6) is 0 Å². The van der Waals surface area contributed by atoms with Crippen molar-refractivity contribution in [3.05, 3.63) is 95.0 Å². The SMILES string of the molecule is CCCCNC(=O)[C@@H](CC)N(CCc1ccccc1)C(=O)CN(c1ccccc1Cl)S(=O)(=O)c1ccc(C)cc1. The van der Waals surface area contributed by atoms with E-state index in [0.717, 1.165) is 28.3 Å². The Morgan fingerprint density at radius 2 is 1.57 bits per heavy atom. The van der Waals surface area contributed by atoms with Crippen molar-refractivity contribution in [3.8, 4) is 0 Å².